The first kappa shape index (κ1) is 12.8. The summed E-state index contributed by atoms with van der Waals surface area (Å²) >= 11 is 0. The Bertz CT molecular complexity index is 344. The van der Waals surface area contributed by atoms with Crippen LogP contribution in [0.5, 0.6) is 0 Å². The maximum Gasteiger partial charge on any atom is 0.339 e. The Morgan fingerprint density at radius 3 is 2.75 bits per heavy atom. The van der Waals surface area contributed by atoms with Gasteiger partial charge in [-0.1, -0.05) is 20.8 Å². The highest BCUT2D eigenvalue weighted by Crippen LogP contribution is 2.14. The second-order valence-electron chi connectivity index (χ2n) is 4.28. The largest absolute Gasteiger partial charge is 0.478 e. The van der Waals surface area contributed by atoms with Gasteiger partial charge in [0.05, 0.1) is 12.8 Å². The maximum absolute atomic E-state index is 10.9. The standard InChI is InChI=1S/C12H19NO3/c1-4-13(7-9(2)3)8-11-10(12(14)15)5-6-16-11/h5-6,9H,4,7-8H2,1-3H3,(H,14,15). The Morgan fingerprint density at radius 2 is 2.25 bits per heavy atom. The van der Waals surface area contributed by atoms with Crippen LogP contribution in [0.3, 0.4) is 0 Å². The van der Waals surface area contributed by atoms with Crippen LogP contribution in [0.25, 0.3) is 0 Å². The lowest BCUT2D eigenvalue weighted by Crippen LogP contribution is -2.27. The van der Waals surface area contributed by atoms with Crippen molar-refractivity contribution in [2.75, 3.05) is 13.1 Å². The van der Waals surface area contributed by atoms with E-state index < -0.39 is 5.97 Å². The number of carboxylic acids is 1. The van der Waals surface area contributed by atoms with E-state index in [4.69, 9.17) is 9.52 Å². The average molecular weight is 225 g/mol. The van der Waals surface area contributed by atoms with E-state index in [0.29, 0.717) is 18.2 Å². The number of aromatic carboxylic acids is 1. The number of furan rings is 1. The normalized spacial score (nSPS) is 11.3. The molecule has 16 heavy (non-hydrogen) atoms. The van der Waals surface area contributed by atoms with Crippen molar-refractivity contribution in [2.45, 2.75) is 27.3 Å². The summed E-state index contributed by atoms with van der Waals surface area (Å²) in [6.45, 7) is 8.73. The second kappa shape index (κ2) is 5.70. The summed E-state index contributed by atoms with van der Waals surface area (Å²) in [6, 6.07) is 1.50. The molecule has 1 rings (SSSR count). The lowest BCUT2D eigenvalue weighted by molar-refractivity contribution is 0.0692. The van der Waals surface area contributed by atoms with Gasteiger partial charge in [-0.05, 0) is 18.5 Å². The van der Waals surface area contributed by atoms with Gasteiger partial charge in [0, 0.05) is 6.54 Å². The molecule has 1 N–H and O–H groups in total. The number of carbonyl (C=O) groups is 1. The van der Waals surface area contributed by atoms with Gasteiger partial charge >= 0.3 is 5.97 Å². The predicted molar refractivity (Wildman–Crippen MR) is 61.5 cm³/mol. The molecule has 0 saturated carbocycles. The molecule has 0 saturated heterocycles. The zero-order valence-corrected chi connectivity index (χ0v) is 10.1. The first-order valence-corrected chi connectivity index (χ1v) is 5.56. The molecule has 0 amide bonds. The molecule has 90 valence electrons. The van der Waals surface area contributed by atoms with Crippen LogP contribution >= 0.6 is 0 Å². The smallest absolute Gasteiger partial charge is 0.339 e. The topological polar surface area (TPSA) is 53.7 Å². The fourth-order valence-corrected chi connectivity index (χ4v) is 1.68. The first-order valence-electron chi connectivity index (χ1n) is 5.56. The van der Waals surface area contributed by atoms with E-state index in [1.165, 1.54) is 12.3 Å². The summed E-state index contributed by atoms with van der Waals surface area (Å²) in [4.78, 5) is 13.1. The maximum atomic E-state index is 10.9. The minimum atomic E-state index is -0.927. The SMILES string of the molecule is CCN(Cc1occc1C(=O)O)CC(C)C. The lowest BCUT2D eigenvalue weighted by atomic mass is 10.2. The Labute approximate surface area is 95.9 Å². The summed E-state index contributed by atoms with van der Waals surface area (Å²) in [6.07, 6.45) is 1.43. The molecule has 0 fully saturated rings. The van der Waals surface area contributed by atoms with E-state index in [2.05, 4.69) is 25.7 Å². The van der Waals surface area contributed by atoms with Crippen LogP contribution in [0.2, 0.25) is 0 Å². The van der Waals surface area contributed by atoms with Crippen LogP contribution in [0.4, 0.5) is 0 Å². The Hall–Kier alpha value is -1.29. The van der Waals surface area contributed by atoms with Gasteiger partial charge in [0.2, 0.25) is 0 Å². The van der Waals surface area contributed by atoms with E-state index >= 15 is 0 Å². The van der Waals surface area contributed by atoms with Gasteiger partial charge in [0.1, 0.15) is 11.3 Å². The molecular formula is C12H19NO3. The average Bonchev–Trinajstić information content (AvgIpc) is 2.64. The molecule has 4 nitrogen and oxygen atoms in total. The van der Waals surface area contributed by atoms with Crippen molar-refractivity contribution >= 4 is 5.97 Å². The number of hydrogen-bond acceptors (Lipinski definition) is 3. The molecule has 0 bridgehead atoms. The molecule has 0 radical (unpaired) electrons. The Balaban J connectivity index is 2.70. The lowest BCUT2D eigenvalue weighted by Gasteiger charge is -2.21. The fourth-order valence-electron chi connectivity index (χ4n) is 1.68. The van der Waals surface area contributed by atoms with Gasteiger partial charge in [0.15, 0.2) is 0 Å². The van der Waals surface area contributed by atoms with Crippen molar-refractivity contribution in [3.05, 3.63) is 23.7 Å². The van der Waals surface area contributed by atoms with Crippen LogP contribution < -0.4 is 0 Å². The van der Waals surface area contributed by atoms with Gasteiger partial charge in [-0.25, -0.2) is 4.79 Å². The first-order chi connectivity index (χ1) is 7.54. The number of hydrogen-bond donors (Lipinski definition) is 1. The van der Waals surface area contributed by atoms with Crippen molar-refractivity contribution in [2.24, 2.45) is 5.92 Å². The second-order valence-corrected chi connectivity index (χ2v) is 4.28. The zero-order chi connectivity index (χ0) is 12.1. The van der Waals surface area contributed by atoms with Crippen molar-refractivity contribution in [1.82, 2.24) is 4.90 Å². The molecule has 1 aromatic rings. The quantitative estimate of drug-likeness (QED) is 0.808. The van der Waals surface area contributed by atoms with Crippen molar-refractivity contribution in [3.63, 3.8) is 0 Å². The molecule has 0 atom stereocenters. The fraction of sp³-hybridized carbons (Fsp3) is 0.583. The van der Waals surface area contributed by atoms with Gasteiger partial charge < -0.3 is 9.52 Å². The highest BCUT2D eigenvalue weighted by molar-refractivity contribution is 5.88. The summed E-state index contributed by atoms with van der Waals surface area (Å²) in [5.41, 5.74) is 0.266. The zero-order valence-electron chi connectivity index (χ0n) is 10.1. The minimum absolute atomic E-state index is 0.266. The third-order valence-corrected chi connectivity index (χ3v) is 2.41. The van der Waals surface area contributed by atoms with Crippen molar-refractivity contribution in [3.8, 4) is 0 Å². The summed E-state index contributed by atoms with van der Waals surface area (Å²) in [7, 11) is 0. The Kier molecular flexibility index (Phi) is 4.55. The van der Waals surface area contributed by atoms with E-state index in [-0.39, 0.29) is 5.56 Å². The Morgan fingerprint density at radius 1 is 1.56 bits per heavy atom. The number of rotatable bonds is 6. The minimum Gasteiger partial charge on any atom is -0.478 e. The van der Waals surface area contributed by atoms with Gasteiger partial charge in [-0.3, -0.25) is 4.90 Å². The summed E-state index contributed by atoms with van der Waals surface area (Å²) in [5, 5.41) is 8.94. The van der Waals surface area contributed by atoms with Crippen LogP contribution in [0, 0.1) is 5.92 Å². The van der Waals surface area contributed by atoms with Crippen LogP contribution in [-0.2, 0) is 6.54 Å². The molecule has 1 aromatic heterocycles. The van der Waals surface area contributed by atoms with Crippen LogP contribution in [-0.4, -0.2) is 29.1 Å². The third kappa shape index (κ3) is 3.38. The van der Waals surface area contributed by atoms with Crippen molar-refractivity contribution < 1.29 is 14.3 Å². The number of carboxylic acid groups (broad SMARTS) is 1. The molecule has 0 aliphatic carbocycles. The molecule has 0 aliphatic heterocycles. The number of nitrogens with zero attached hydrogens (tertiary/aromatic N) is 1. The highest BCUT2D eigenvalue weighted by Gasteiger charge is 2.16. The van der Waals surface area contributed by atoms with Gasteiger partial charge in [0.25, 0.3) is 0 Å². The molecule has 0 aliphatic rings. The van der Waals surface area contributed by atoms with E-state index in [0.717, 1.165) is 13.1 Å². The predicted octanol–water partition coefficient (Wildman–Crippen LogP) is 2.46. The van der Waals surface area contributed by atoms with Crippen LogP contribution in [0.1, 0.15) is 36.9 Å². The van der Waals surface area contributed by atoms with Gasteiger partial charge in [-0.2, -0.15) is 0 Å². The third-order valence-electron chi connectivity index (χ3n) is 2.41. The molecule has 1 heterocycles. The summed E-state index contributed by atoms with van der Waals surface area (Å²) in [5.74, 6) is 0.169. The van der Waals surface area contributed by atoms with Crippen LogP contribution in [0.15, 0.2) is 16.7 Å². The van der Waals surface area contributed by atoms with E-state index in [1.807, 2.05) is 0 Å². The molecule has 0 aromatic carbocycles. The summed E-state index contributed by atoms with van der Waals surface area (Å²) < 4.78 is 5.22. The highest BCUT2D eigenvalue weighted by atomic mass is 16.4. The molecule has 4 heteroatoms. The molecular weight excluding hydrogens is 206 g/mol. The molecule has 0 unspecified atom stereocenters. The van der Waals surface area contributed by atoms with Gasteiger partial charge in [-0.15, -0.1) is 0 Å². The van der Waals surface area contributed by atoms with E-state index in [9.17, 15) is 4.79 Å². The van der Waals surface area contributed by atoms with Crippen molar-refractivity contribution in [1.29, 1.82) is 0 Å². The van der Waals surface area contributed by atoms with E-state index in [1.54, 1.807) is 0 Å². The molecule has 0 spiro atoms. The monoisotopic (exact) mass is 225 g/mol.